The second-order valence-electron chi connectivity index (χ2n) is 6.55. The third-order valence-electron chi connectivity index (χ3n) is 3.37. The molecule has 106 valence electrons. The first kappa shape index (κ1) is 15.4. The van der Waals surface area contributed by atoms with E-state index in [0.717, 1.165) is 19.4 Å². The molecule has 0 aliphatic carbocycles. The van der Waals surface area contributed by atoms with Crippen molar-refractivity contribution in [2.45, 2.75) is 59.1 Å². The lowest BCUT2D eigenvalue weighted by molar-refractivity contribution is -0.123. The standard InChI is InChI=1S/C14H28N2O2/c1-10(15)8-12(17)16-9-11-6-5-7-18-13(11)14(2,3)4/h10-11,13H,5-9,15H2,1-4H3,(H,16,17). The molecular formula is C14H28N2O2. The first-order chi connectivity index (χ1) is 8.30. The average Bonchev–Trinajstić information content (AvgIpc) is 2.24. The minimum absolute atomic E-state index is 0.0447. The maximum absolute atomic E-state index is 11.6. The van der Waals surface area contributed by atoms with Gasteiger partial charge in [0.1, 0.15) is 0 Å². The number of hydrogen-bond donors (Lipinski definition) is 2. The third-order valence-corrected chi connectivity index (χ3v) is 3.37. The van der Waals surface area contributed by atoms with Crippen LogP contribution in [0.5, 0.6) is 0 Å². The van der Waals surface area contributed by atoms with Gasteiger partial charge in [-0.1, -0.05) is 20.8 Å². The number of nitrogens with two attached hydrogens (primary N) is 1. The van der Waals surface area contributed by atoms with Crippen LogP contribution >= 0.6 is 0 Å². The van der Waals surface area contributed by atoms with Crippen molar-refractivity contribution in [3.63, 3.8) is 0 Å². The molecule has 0 aromatic heterocycles. The van der Waals surface area contributed by atoms with Gasteiger partial charge in [-0.05, 0) is 25.2 Å². The fourth-order valence-electron chi connectivity index (χ4n) is 2.62. The van der Waals surface area contributed by atoms with Crippen LogP contribution in [0.1, 0.15) is 47.0 Å². The van der Waals surface area contributed by atoms with Crippen LogP contribution in [0.2, 0.25) is 0 Å². The Hall–Kier alpha value is -0.610. The number of rotatable bonds is 4. The van der Waals surface area contributed by atoms with Gasteiger partial charge >= 0.3 is 0 Å². The van der Waals surface area contributed by atoms with E-state index in [-0.39, 0.29) is 23.5 Å². The lowest BCUT2D eigenvalue weighted by atomic mass is 9.78. The van der Waals surface area contributed by atoms with Gasteiger partial charge in [-0.15, -0.1) is 0 Å². The van der Waals surface area contributed by atoms with E-state index in [1.54, 1.807) is 0 Å². The molecule has 1 amide bonds. The van der Waals surface area contributed by atoms with E-state index < -0.39 is 0 Å². The van der Waals surface area contributed by atoms with Crippen LogP contribution in [0, 0.1) is 11.3 Å². The summed E-state index contributed by atoms with van der Waals surface area (Å²) in [5.41, 5.74) is 5.74. The van der Waals surface area contributed by atoms with Crippen molar-refractivity contribution in [2.24, 2.45) is 17.1 Å². The fourth-order valence-corrected chi connectivity index (χ4v) is 2.62. The summed E-state index contributed by atoms with van der Waals surface area (Å²) in [5.74, 6) is 0.457. The molecule has 0 aromatic carbocycles. The molecule has 1 aliphatic rings. The molecule has 1 rings (SSSR count). The van der Waals surface area contributed by atoms with Crippen LogP contribution in [0.3, 0.4) is 0 Å². The molecule has 1 saturated heterocycles. The quantitative estimate of drug-likeness (QED) is 0.804. The molecule has 0 aromatic rings. The average molecular weight is 256 g/mol. The first-order valence-electron chi connectivity index (χ1n) is 6.94. The Kier molecular flexibility index (Phi) is 5.60. The van der Waals surface area contributed by atoms with E-state index in [9.17, 15) is 4.79 Å². The van der Waals surface area contributed by atoms with Gasteiger partial charge in [-0.25, -0.2) is 0 Å². The molecular weight excluding hydrogens is 228 g/mol. The van der Waals surface area contributed by atoms with Crippen molar-refractivity contribution in [2.75, 3.05) is 13.2 Å². The highest BCUT2D eigenvalue weighted by Crippen LogP contribution is 2.33. The molecule has 4 nitrogen and oxygen atoms in total. The summed E-state index contributed by atoms with van der Waals surface area (Å²) in [6.45, 7) is 9.97. The molecule has 0 bridgehead atoms. The first-order valence-corrected chi connectivity index (χ1v) is 6.94. The van der Waals surface area contributed by atoms with Gasteiger partial charge in [0.15, 0.2) is 0 Å². The number of hydrogen-bond acceptors (Lipinski definition) is 3. The van der Waals surface area contributed by atoms with Crippen LogP contribution in [-0.2, 0) is 9.53 Å². The summed E-state index contributed by atoms with van der Waals surface area (Å²) in [5, 5.41) is 2.99. The molecule has 0 saturated carbocycles. The third kappa shape index (κ3) is 4.94. The number of carbonyl (C=O) groups excluding carboxylic acids is 1. The van der Waals surface area contributed by atoms with Gasteiger partial charge in [0.2, 0.25) is 5.91 Å². The van der Waals surface area contributed by atoms with Crippen molar-refractivity contribution >= 4 is 5.91 Å². The Labute approximate surface area is 111 Å². The number of carbonyl (C=O) groups is 1. The largest absolute Gasteiger partial charge is 0.377 e. The topological polar surface area (TPSA) is 64.4 Å². The lowest BCUT2D eigenvalue weighted by Gasteiger charge is -2.40. The highest BCUT2D eigenvalue weighted by Gasteiger charge is 2.35. The lowest BCUT2D eigenvalue weighted by Crippen LogP contribution is -2.45. The maximum Gasteiger partial charge on any atom is 0.221 e. The van der Waals surface area contributed by atoms with Crippen molar-refractivity contribution < 1.29 is 9.53 Å². The number of ether oxygens (including phenoxy) is 1. The summed E-state index contributed by atoms with van der Waals surface area (Å²) >= 11 is 0. The zero-order valence-corrected chi connectivity index (χ0v) is 12.2. The van der Waals surface area contributed by atoms with Crippen LogP contribution < -0.4 is 11.1 Å². The second kappa shape index (κ2) is 6.53. The van der Waals surface area contributed by atoms with Crippen LogP contribution in [0.15, 0.2) is 0 Å². The molecule has 0 radical (unpaired) electrons. The number of nitrogens with one attached hydrogen (secondary N) is 1. The molecule has 3 N–H and O–H groups in total. The van der Waals surface area contributed by atoms with Gasteiger partial charge in [0, 0.05) is 31.5 Å². The molecule has 1 heterocycles. The zero-order chi connectivity index (χ0) is 13.8. The Morgan fingerprint density at radius 3 is 2.72 bits per heavy atom. The summed E-state index contributed by atoms with van der Waals surface area (Å²) in [6, 6.07) is -0.0778. The number of amides is 1. The minimum atomic E-state index is -0.0778. The van der Waals surface area contributed by atoms with E-state index in [4.69, 9.17) is 10.5 Å². The van der Waals surface area contributed by atoms with E-state index in [0.29, 0.717) is 18.9 Å². The van der Waals surface area contributed by atoms with E-state index >= 15 is 0 Å². The molecule has 0 spiro atoms. The molecule has 4 heteroatoms. The van der Waals surface area contributed by atoms with Crippen molar-refractivity contribution in [3.8, 4) is 0 Å². The van der Waals surface area contributed by atoms with Crippen LogP contribution in [-0.4, -0.2) is 31.2 Å². The monoisotopic (exact) mass is 256 g/mol. The van der Waals surface area contributed by atoms with Crippen molar-refractivity contribution in [1.29, 1.82) is 0 Å². The van der Waals surface area contributed by atoms with Gasteiger partial charge in [-0.3, -0.25) is 4.79 Å². The fraction of sp³-hybridized carbons (Fsp3) is 0.929. The minimum Gasteiger partial charge on any atom is -0.377 e. The second-order valence-corrected chi connectivity index (χ2v) is 6.55. The predicted molar refractivity (Wildman–Crippen MR) is 73.2 cm³/mol. The Bertz CT molecular complexity index is 271. The normalized spacial score (nSPS) is 26.7. The van der Waals surface area contributed by atoms with Gasteiger partial charge in [0.25, 0.3) is 0 Å². The Morgan fingerprint density at radius 2 is 2.17 bits per heavy atom. The molecule has 3 unspecified atom stereocenters. The summed E-state index contributed by atoms with van der Waals surface area (Å²) in [7, 11) is 0. The van der Waals surface area contributed by atoms with Crippen molar-refractivity contribution in [1.82, 2.24) is 5.32 Å². The van der Waals surface area contributed by atoms with E-state index in [2.05, 4.69) is 26.1 Å². The molecule has 18 heavy (non-hydrogen) atoms. The smallest absolute Gasteiger partial charge is 0.221 e. The highest BCUT2D eigenvalue weighted by molar-refractivity contribution is 5.76. The molecule has 3 atom stereocenters. The SMILES string of the molecule is CC(N)CC(=O)NCC1CCCOC1C(C)(C)C. The summed E-state index contributed by atoms with van der Waals surface area (Å²) in [4.78, 5) is 11.6. The van der Waals surface area contributed by atoms with E-state index in [1.165, 1.54) is 0 Å². The van der Waals surface area contributed by atoms with E-state index in [1.807, 2.05) is 6.92 Å². The van der Waals surface area contributed by atoms with Crippen LogP contribution in [0.25, 0.3) is 0 Å². The van der Waals surface area contributed by atoms with Gasteiger partial charge in [-0.2, -0.15) is 0 Å². The summed E-state index contributed by atoms with van der Waals surface area (Å²) in [6.07, 6.45) is 2.83. The van der Waals surface area contributed by atoms with Crippen LogP contribution in [0.4, 0.5) is 0 Å². The molecule has 1 aliphatic heterocycles. The maximum atomic E-state index is 11.6. The Morgan fingerprint density at radius 1 is 1.50 bits per heavy atom. The van der Waals surface area contributed by atoms with Gasteiger partial charge in [0.05, 0.1) is 6.10 Å². The van der Waals surface area contributed by atoms with Crippen molar-refractivity contribution in [3.05, 3.63) is 0 Å². The zero-order valence-electron chi connectivity index (χ0n) is 12.2. The highest BCUT2D eigenvalue weighted by atomic mass is 16.5. The molecule has 1 fully saturated rings. The summed E-state index contributed by atoms with van der Waals surface area (Å²) < 4.78 is 5.89. The Balaban J connectivity index is 2.45. The van der Waals surface area contributed by atoms with Gasteiger partial charge < -0.3 is 15.8 Å². The predicted octanol–water partition coefficient (Wildman–Crippen LogP) is 1.68.